The molecule has 0 aliphatic carbocycles. The topological polar surface area (TPSA) is 70.3 Å². The second-order valence-corrected chi connectivity index (χ2v) is 6.16. The number of rotatable bonds is 7. The molecule has 0 N–H and O–H groups in total. The summed E-state index contributed by atoms with van der Waals surface area (Å²) < 4.78 is 16.8. The molecule has 4 rings (SSSR count). The van der Waals surface area contributed by atoms with Crippen LogP contribution < -0.4 is 4.74 Å². The van der Waals surface area contributed by atoms with Gasteiger partial charge in [0.2, 0.25) is 5.71 Å². The number of fused-ring (bicyclic) bond motifs is 3. The number of hydrogen-bond acceptors (Lipinski definition) is 6. The molecule has 4 aromatic rings. The fourth-order valence-electron chi connectivity index (χ4n) is 3.08. The Morgan fingerprint density at radius 2 is 2.04 bits per heavy atom. The molecule has 6 heteroatoms. The van der Waals surface area contributed by atoms with E-state index in [2.05, 4.69) is 4.98 Å². The lowest BCUT2D eigenvalue weighted by molar-refractivity contribution is 0.145. The molecule has 0 atom stereocenters. The predicted molar refractivity (Wildman–Crippen MR) is 104 cm³/mol. The van der Waals surface area contributed by atoms with Crippen molar-refractivity contribution in [2.45, 2.75) is 19.8 Å². The molecule has 6 nitrogen and oxygen atoms in total. The Bertz CT molecular complexity index is 1070. The molecule has 0 unspecified atom stereocenters. The van der Waals surface area contributed by atoms with Crippen LogP contribution in [0.3, 0.4) is 0 Å². The average Bonchev–Trinajstić information content (AvgIpc) is 3.10. The lowest BCUT2D eigenvalue weighted by atomic mass is 10.1. The van der Waals surface area contributed by atoms with Gasteiger partial charge in [-0.15, -0.1) is 0 Å². The molecule has 0 aliphatic rings. The summed E-state index contributed by atoms with van der Waals surface area (Å²) in [5, 5.41) is 0.894. The van der Waals surface area contributed by atoms with E-state index >= 15 is 0 Å². The molecule has 0 aliphatic heterocycles. The second-order valence-electron chi connectivity index (χ2n) is 6.16. The molecular formula is C21H21N3O3. The van der Waals surface area contributed by atoms with Gasteiger partial charge in [-0.1, -0.05) is 12.1 Å². The Kier molecular flexibility index (Phi) is 4.98. The van der Waals surface area contributed by atoms with Crippen LogP contribution in [0, 0.1) is 0 Å². The lowest BCUT2D eigenvalue weighted by Gasteiger charge is -2.07. The molecule has 0 saturated carbocycles. The van der Waals surface area contributed by atoms with E-state index in [1.165, 1.54) is 0 Å². The van der Waals surface area contributed by atoms with Gasteiger partial charge in [-0.05, 0) is 44.0 Å². The summed E-state index contributed by atoms with van der Waals surface area (Å²) in [5.74, 6) is 1.42. The summed E-state index contributed by atoms with van der Waals surface area (Å²) in [4.78, 5) is 13.9. The second kappa shape index (κ2) is 7.72. The Labute approximate surface area is 157 Å². The van der Waals surface area contributed by atoms with Crippen LogP contribution in [0.5, 0.6) is 5.75 Å². The van der Waals surface area contributed by atoms with Crippen LogP contribution >= 0.6 is 0 Å². The smallest absolute Gasteiger partial charge is 0.229 e. The third-order valence-electron chi connectivity index (χ3n) is 4.40. The highest BCUT2D eigenvalue weighted by atomic mass is 16.5. The minimum Gasteiger partial charge on any atom is -0.497 e. The molecule has 138 valence electrons. The summed E-state index contributed by atoms with van der Waals surface area (Å²) in [6.45, 7) is 3.40. The van der Waals surface area contributed by atoms with Gasteiger partial charge in [0.05, 0.1) is 18.2 Å². The van der Waals surface area contributed by atoms with Gasteiger partial charge in [0.1, 0.15) is 11.3 Å². The lowest BCUT2D eigenvalue weighted by Crippen LogP contribution is -2.01. The van der Waals surface area contributed by atoms with Gasteiger partial charge in [-0.2, -0.15) is 0 Å². The first-order valence-corrected chi connectivity index (χ1v) is 9.06. The maximum absolute atomic E-state index is 5.97. The number of aryl methyl sites for hydroxylation is 1. The van der Waals surface area contributed by atoms with E-state index in [1.807, 2.05) is 43.3 Å². The highest BCUT2D eigenvalue weighted by Crippen LogP contribution is 2.31. The number of nitrogens with zero attached hydrogens (tertiary/aromatic N) is 3. The average molecular weight is 363 g/mol. The van der Waals surface area contributed by atoms with Crippen LogP contribution in [-0.2, 0) is 11.2 Å². The van der Waals surface area contributed by atoms with Crippen molar-refractivity contribution in [1.82, 2.24) is 15.0 Å². The standard InChI is InChI=1S/C21H21N3O3/c1-3-26-12-6-10-17-19-18(16-9-5-11-22-21(16)27-19)24-20(23-17)14-7-4-8-15(13-14)25-2/h4-5,7-9,11,13H,3,6,10,12H2,1-2H3. The Balaban J connectivity index is 1.84. The molecule has 3 aromatic heterocycles. The van der Waals surface area contributed by atoms with Gasteiger partial charge in [0, 0.05) is 25.0 Å². The molecule has 27 heavy (non-hydrogen) atoms. The highest BCUT2D eigenvalue weighted by Gasteiger charge is 2.17. The van der Waals surface area contributed by atoms with E-state index in [1.54, 1.807) is 13.3 Å². The zero-order valence-electron chi connectivity index (χ0n) is 15.4. The minimum absolute atomic E-state index is 0.579. The Morgan fingerprint density at radius 1 is 1.11 bits per heavy atom. The zero-order valence-corrected chi connectivity index (χ0v) is 15.4. The van der Waals surface area contributed by atoms with Crippen molar-refractivity contribution in [2.75, 3.05) is 20.3 Å². The Morgan fingerprint density at radius 3 is 2.89 bits per heavy atom. The Hall–Kier alpha value is -2.99. The number of furan rings is 1. The first-order chi connectivity index (χ1) is 13.3. The van der Waals surface area contributed by atoms with Gasteiger partial charge >= 0.3 is 0 Å². The summed E-state index contributed by atoms with van der Waals surface area (Å²) in [5.41, 5.74) is 3.84. The first kappa shape index (κ1) is 17.4. The summed E-state index contributed by atoms with van der Waals surface area (Å²) in [6.07, 6.45) is 3.33. The molecule has 3 heterocycles. The van der Waals surface area contributed by atoms with Crippen molar-refractivity contribution in [3.63, 3.8) is 0 Å². The molecule has 0 spiro atoms. The number of benzene rings is 1. The predicted octanol–water partition coefficient (Wildman–Crippen LogP) is 4.42. The highest BCUT2D eigenvalue weighted by molar-refractivity contribution is 6.02. The van der Waals surface area contributed by atoms with Gasteiger partial charge in [0.15, 0.2) is 11.4 Å². The van der Waals surface area contributed by atoms with Gasteiger partial charge in [0.25, 0.3) is 0 Å². The third-order valence-corrected chi connectivity index (χ3v) is 4.40. The quantitative estimate of drug-likeness (QED) is 0.453. The largest absolute Gasteiger partial charge is 0.497 e. The number of methoxy groups -OCH3 is 1. The van der Waals surface area contributed by atoms with Crippen molar-refractivity contribution in [3.8, 4) is 17.1 Å². The molecule has 0 fully saturated rings. The summed E-state index contributed by atoms with van der Waals surface area (Å²) >= 11 is 0. The van der Waals surface area contributed by atoms with Crippen LogP contribution in [-0.4, -0.2) is 35.3 Å². The van der Waals surface area contributed by atoms with E-state index in [-0.39, 0.29) is 0 Å². The van der Waals surface area contributed by atoms with Crippen LogP contribution in [0.1, 0.15) is 19.0 Å². The number of pyridine rings is 1. The molecule has 0 radical (unpaired) electrons. The van der Waals surface area contributed by atoms with Crippen molar-refractivity contribution < 1.29 is 13.9 Å². The van der Waals surface area contributed by atoms with Gasteiger partial charge in [-0.3, -0.25) is 0 Å². The minimum atomic E-state index is 0.579. The van der Waals surface area contributed by atoms with Crippen molar-refractivity contribution in [2.24, 2.45) is 0 Å². The normalized spacial score (nSPS) is 11.3. The third kappa shape index (κ3) is 3.48. The SMILES string of the molecule is CCOCCCc1nc(-c2cccc(OC)c2)nc2c1oc1ncccc12. The van der Waals surface area contributed by atoms with E-state index in [4.69, 9.17) is 23.9 Å². The van der Waals surface area contributed by atoms with Crippen LogP contribution in [0.4, 0.5) is 0 Å². The fourth-order valence-corrected chi connectivity index (χ4v) is 3.08. The molecule has 1 aromatic carbocycles. The van der Waals surface area contributed by atoms with E-state index in [9.17, 15) is 0 Å². The van der Waals surface area contributed by atoms with Crippen LogP contribution in [0.25, 0.3) is 33.6 Å². The monoisotopic (exact) mass is 363 g/mol. The van der Waals surface area contributed by atoms with Crippen molar-refractivity contribution in [3.05, 3.63) is 48.3 Å². The number of hydrogen-bond donors (Lipinski definition) is 0. The molecule has 0 saturated heterocycles. The summed E-state index contributed by atoms with van der Waals surface area (Å²) in [7, 11) is 1.65. The van der Waals surface area contributed by atoms with E-state index < -0.39 is 0 Å². The first-order valence-electron chi connectivity index (χ1n) is 9.06. The molecule has 0 amide bonds. The van der Waals surface area contributed by atoms with Gasteiger partial charge < -0.3 is 13.9 Å². The number of ether oxygens (including phenoxy) is 2. The van der Waals surface area contributed by atoms with E-state index in [0.29, 0.717) is 30.3 Å². The maximum atomic E-state index is 5.97. The van der Waals surface area contributed by atoms with Crippen LogP contribution in [0.15, 0.2) is 47.0 Å². The van der Waals surface area contributed by atoms with Gasteiger partial charge in [-0.25, -0.2) is 15.0 Å². The summed E-state index contributed by atoms with van der Waals surface area (Å²) in [6, 6.07) is 11.6. The van der Waals surface area contributed by atoms with Crippen LogP contribution in [0.2, 0.25) is 0 Å². The maximum Gasteiger partial charge on any atom is 0.229 e. The van der Waals surface area contributed by atoms with Crippen molar-refractivity contribution >= 4 is 22.2 Å². The molecular weight excluding hydrogens is 342 g/mol. The van der Waals surface area contributed by atoms with Crippen molar-refractivity contribution in [1.29, 1.82) is 0 Å². The fraction of sp³-hybridized carbons (Fsp3) is 0.286. The molecule has 0 bridgehead atoms. The van der Waals surface area contributed by atoms with E-state index in [0.717, 1.165) is 40.8 Å². The zero-order chi connectivity index (χ0) is 18.6. The number of aromatic nitrogens is 3.